The number of anilines is 2. The lowest BCUT2D eigenvalue weighted by Crippen LogP contribution is -2.15. The van der Waals surface area contributed by atoms with Crippen molar-refractivity contribution < 1.29 is 9.90 Å². The lowest BCUT2D eigenvalue weighted by Gasteiger charge is -2.10. The van der Waals surface area contributed by atoms with Gasteiger partial charge in [-0.3, -0.25) is 0 Å². The van der Waals surface area contributed by atoms with Crippen molar-refractivity contribution in [1.29, 1.82) is 0 Å². The van der Waals surface area contributed by atoms with Crippen LogP contribution in [0.1, 0.15) is 21.2 Å². The monoisotopic (exact) mass is 326 g/mol. The first kappa shape index (κ1) is 15.4. The Hall–Kier alpha value is -1.94. The number of nitrogens with zero attached hydrogens (tertiary/aromatic N) is 5. The molecular formula is C11H14N6O2S2. The molecule has 0 saturated heterocycles. The van der Waals surface area contributed by atoms with E-state index in [0.717, 1.165) is 11.3 Å². The average molecular weight is 326 g/mol. The predicted octanol–water partition coefficient (Wildman–Crippen LogP) is 1.28. The fraction of sp³-hybridized carbons (Fsp3) is 0.364. The van der Waals surface area contributed by atoms with Crippen LogP contribution in [0.4, 0.5) is 11.9 Å². The first-order valence-corrected chi connectivity index (χ1v) is 7.68. The molecule has 0 aliphatic heterocycles. The van der Waals surface area contributed by atoms with Crippen molar-refractivity contribution in [3.8, 4) is 0 Å². The summed E-state index contributed by atoms with van der Waals surface area (Å²) in [7, 11) is 3.63. The molecule has 8 nitrogen and oxygen atoms in total. The summed E-state index contributed by atoms with van der Waals surface area (Å²) in [6.07, 6.45) is 0. The van der Waals surface area contributed by atoms with Crippen LogP contribution in [0.25, 0.3) is 0 Å². The van der Waals surface area contributed by atoms with Crippen LogP contribution in [-0.4, -0.2) is 45.1 Å². The van der Waals surface area contributed by atoms with Crippen LogP contribution in [0, 0.1) is 6.92 Å². The summed E-state index contributed by atoms with van der Waals surface area (Å²) >= 11 is 2.51. The smallest absolute Gasteiger partial charge is 0.347 e. The van der Waals surface area contributed by atoms with Gasteiger partial charge in [0.05, 0.1) is 11.4 Å². The zero-order chi connectivity index (χ0) is 15.6. The highest BCUT2D eigenvalue weighted by Crippen LogP contribution is 2.29. The lowest BCUT2D eigenvalue weighted by molar-refractivity contribution is 0.0701. The number of carboxylic acids is 1. The number of carbonyl (C=O) groups is 1. The van der Waals surface area contributed by atoms with E-state index in [1.54, 1.807) is 11.8 Å². The zero-order valence-electron chi connectivity index (χ0n) is 11.7. The Morgan fingerprint density at radius 2 is 2.05 bits per heavy atom. The Morgan fingerprint density at radius 1 is 1.33 bits per heavy atom. The van der Waals surface area contributed by atoms with Crippen molar-refractivity contribution in [3.05, 3.63) is 16.4 Å². The van der Waals surface area contributed by atoms with E-state index in [-0.39, 0.29) is 10.8 Å². The third-order valence-corrected chi connectivity index (χ3v) is 4.67. The van der Waals surface area contributed by atoms with Crippen LogP contribution in [0.2, 0.25) is 0 Å². The molecule has 3 N–H and O–H groups in total. The molecule has 0 unspecified atom stereocenters. The Morgan fingerprint density at radius 3 is 2.62 bits per heavy atom. The summed E-state index contributed by atoms with van der Waals surface area (Å²) in [6.45, 7) is 1.68. The van der Waals surface area contributed by atoms with Crippen molar-refractivity contribution in [2.75, 3.05) is 24.7 Å². The zero-order valence-corrected chi connectivity index (χ0v) is 13.3. The standard InChI is InChI=1S/C11H14N6O2S2/c1-5-7(8(18)19)21-11(13-5)20-4-6-14-9(12)16-10(15-6)17(2)3/h4H2,1-3H3,(H,18,19)(H2,12,14,15,16). The van der Waals surface area contributed by atoms with E-state index in [9.17, 15) is 4.79 Å². The van der Waals surface area contributed by atoms with Gasteiger partial charge in [-0.05, 0) is 6.92 Å². The molecule has 112 valence electrons. The number of hydrogen-bond acceptors (Lipinski definition) is 9. The van der Waals surface area contributed by atoms with Crippen molar-refractivity contribution in [2.24, 2.45) is 0 Å². The maximum atomic E-state index is 11.0. The molecule has 2 heterocycles. The van der Waals surface area contributed by atoms with Gasteiger partial charge >= 0.3 is 5.97 Å². The number of carboxylic acid groups (broad SMARTS) is 1. The largest absolute Gasteiger partial charge is 0.477 e. The Kier molecular flexibility index (Phi) is 4.58. The minimum Gasteiger partial charge on any atom is -0.477 e. The number of nitrogens with two attached hydrogens (primary N) is 1. The van der Waals surface area contributed by atoms with Crippen LogP contribution < -0.4 is 10.6 Å². The van der Waals surface area contributed by atoms with Gasteiger partial charge in [0.1, 0.15) is 10.7 Å². The highest BCUT2D eigenvalue weighted by molar-refractivity contribution is 8.00. The molecule has 2 aromatic rings. The van der Waals surface area contributed by atoms with Gasteiger partial charge in [0.15, 0.2) is 4.34 Å². The van der Waals surface area contributed by atoms with Gasteiger partial charge in [-0.1, -0.05) is 11.8 Å². The van der Waals surface area contributed by atoms with E-state index in [4.69, 9.17) is 10.8 Å². The van der Waals surface area contributed by atoms with E-state index in [1.165, 1.54) is 11.8 Å². The molecule has 0 aliphatic rings. The van der Waals surface area contributed by atoms with Crippen molar-refractivity contribution >= 4 is 41.0 Å². The molecule has 21 heavy (non-hydrogen) atoms. The van der Waals surface area contributed by atoms with Gasteiger partial charge in [-0.15, -0.1) is 11.3 Å². The summed E-state index contributed by atoms with van der Waals surface area (Å²) in [5, 5.41) is 9.00. The molecule has 0 saturated carbocycles. The van der Waals surface area contributed by atoms with Crippen molar-refractivity contribution in [3.63, 3.8) is 0 Å². The van der Waals surface area contributed by atoms with E-state index < -0.39 is 5.97 Å². The summed E-state index contributed by atoms with van der Waals surface area (Å²) in [5.41, 5.74) is 6.16. The fourth-order valence-electron chi connectivity index (χ4n) is 1.45. The molecule has 0 amide bonds. The molecule has 0 radical (unpaired) electrons. The Labute approximate surface area is 129 Å². The normalized spacial score (nSPS) is 10.6. The average Bonchev–Trinajstić information content (AvgIpc) is 2.77. The summed E-state index contributed by atoms with van der Waals surface area (Å²) in [6, 6.07) is 0. The maximum Gasteiger partial charge on any atom is 0.347 e. The Balaban J connectivity index is 2.13. The molecule has 0 atom stereocenters. The van der Waals surface area contributed by atoms with Gasteiger partial charge < -0.3 is 15.7 Å². The number of hydrogen-bond donors (Lipinski definition) is 2. The second kappa shape index (κ2) is 6.22. The van der Waals surface area contributed by atoms with E-state index in [0.29, 0.717) is 27.6 Å². The first-order chi connectivity index (χ1) is 9.86. The fourth-order valence-corrected chi connectivity index (χ4v) is 3.33. The molecule has 2 rings (SSSR count). The summed E-state index contributed by atoms with van der Waals surface area (Å²) in [4.78, 5) is 29.5. The highest BCUT2D eigenvalue weighted by Gasteiger charge is 2.15. The highest BCUT2D eigenvalue weighted by atomic mass is 32.2. The molecule has 0 aliphatic carbocycles. The topological polar surface area (TPSA) is 118 Å². The molecular weight excluding hydrogens is 312 g/mol. The Bertz CT molecular complexity index is 673. The van der Waals surface area contributed by atoms with E-state index >= 15 is 0 Å². The number of nitrogen functional groups attached to an aromatic ring is 1. The number of aromatic nitrogens is 4. The third-order valence-electron chi connectivity index (χ3n) is 2.38. The molecule has 0 fully saturated rings. The SMILES string of the molecule is Cc1nc(SCc2nc(N)nc(N(C)C)n2)sc1C(=O)O. The van der Waals surface area contributed by atoms with Crippen LogP contribution in [-0.2, 0) is 5.75 Å². The molecule has 2 aromatic heterocycles. The van der Waals surface area contributed by atoms with Crippen molar-refractivity contribution in [2.45, 2.75) is 17.0 Å². The van der Waals surface area contributed by atoms with Crippen LogP contribution in [0.5, 0.6) is 0 Å². The number of rotatable bonds is 5. The van der Waals surface area contributed by atoms with E-state index in [1.807, 2.05) is 14.1 Å². The van der Waals surface area contributed by atoms with Gasteiger partial charge in [-0.25, -0.2) is 9.78 Å². The van der Waals surface area contributed by atoms with Gasteiger partial charge in [0.25, 0.3) is 0 Å². The number of aromatic carboxylic acids is 1. The van der Waals surface area contributed by atoms with Gasteiger partial charge in [0.2, 0.25) is 11.9 Å². The van der Waals surface area contributed by atoms with Gasteiger partial charge in [0, 0.05) is 14.1 Å². The van der Waals surface area contributed by atoms with Crippen LogP contribution >= 0.6 is 23.1 Å². The second-order valence-electron chi connectivity index (χ2n) is 4.29. The first-order valence-electron chi connectivity index (χ1n) is 5.88. The number of thiazole rings is 1. The van der Waals surface area contributed by atoms with Gasteiger partial charge in [-0.2, -0.15) is 15.0 Å². The quantitative estimate of drug-likeness (QED) is 0.783. The lowest BCUT2D eigenvalue weighted by atomic mass is 10.4. The number of aryl methyl sites for hydroxylation is 1. The molecule has 10 heteroatoms. The number of thioether (sulfide) groups is 1. The molecule has 0 aromatic carbocycles. The summed E-state index contributed by atoms with van der Waals surface area (Å²) in [5.74, 6) is 0.655. The van der Waals surface area contributed by atoms with E-state index in [2.05, 4.69) is 19.9 Å². The minimum absolute atomic E-state index is 0.158. The minimum atomic E-state index is -0.962. The maximum absolute atomic E-state index is 11.0. The predicted molar refractivity (Wildman–Crippen MR) is 81.9 cm³/mol. The second-order valence-corrected chi connectivity index (χ2v) is 6.51. The van der Waals surface area contributed by atoms with Crippen LogP contribution in [0.3, 0.4) is 0 Å². The molecule has 0 spiro atoms. The van der Waals surface area contributed by atoms with Crippen LogP contribution in [0.15, 0.2) is 4.34 Å². The van der Waals surface area contributed by atoms with Crippen molar-refractivity contribution in [1.82, 2.24) is 19.9 Å². The summed E-state index contributed by atoms with van der Waals surface area (Å²) < 4.78 is 0.662. The third kappa shape index (κ3) is 3.79. The molecule has 0 bridgehead atoms.